The normalized spacial score (nSPS) is 9.71. The second-order valence-corrected chi connectivity index (χ2v) is 3.34. The Morgan fingerprint density at radius 2 is 1.94 bits per heavy atom. The molecule has 17 heavy (non-hydrogen) atoms. The standard InChI is InChI=1S/C11H14N2O4/c1-2-12-10(16)6-13-11(17)8-5-7(14)3-4-9(8)15/h3-5,14-15H,2,6H2,1H3,(H,12,16)(H,13,17). The first-order chi connectivity index (χ1) is 8.04. The van der Waals surface area contributed by atoms with E-state index in [-0.39, 0.29) is 29.5 Å². The van der Waals surface area contributed by atoms with E-state index in [4.69, 9.17) is 0 Å². The molecule has 0 heterocycles. The van der Waals surface area contributed by atoms with Gasteiger partial charge in [-0.3, -0.25) is 9.59 Å². The summed E-state index contributed by atoms with van der Waals surface area (Å²) in [6, 6.07) is 3.59. The highest BCUT2D eigenvalue weighted by Crippen LogP contribution is 2.21. The van der Waals surface area contributed by atoms with Gasteiger partial charge in [0.25, 0.3) is 5.91 Å². The van der Waals surface area contributed by atoms with Crippen LogP contribution in [0.4, 0.5) is 0 Å². The SMILES string of the molecule is CCNC(=O)CNC(=O)c1cc(O)ccc1O. The summed E-state index contributed by atoms with van der Waals surface area (Å²) < 4.78 is 0. The third kappa shape index (κ3) is 3.67. The van der Waals surface area contributed by atoms with Crippen LogP contribution in [0.1, 0.15) is 17.3 Å². The van der Waals surface area contributed by atoms with Crippen molar-refractivity contribution in [3.05, 3.63) is 23.8 Å². The zero-order valence-electron chi connectivity index (χ0n) is 9.36. The summed E-state index contributed by atoms with van der Waals surface area (Å²) in [6.45, 7) is 2.06. The van der Waals surface area contributed by atoms with Crippen molar-refractivity contribution in [2.24, 2.45) is 0 Å². The monoisotopic (exact) mass is 238 g/mol. The molecular formula is C11H14N2O4. The van der Waals surface area contributed by atoms with Gasteiger partial charge in [-0.2, -0.15) is 0 Å². The molecule has 0 fully saturated rings. The number of amides is 2. The number of likely N-dealkylation sites (N-methyl/N-ethyl adjacent to an activating group) is 1. The van der Waals surface area contributed by atoms with E-state index in [1.54, 1.807) is 6.92 Å². The molecule has 0 saturated heterocycles. The summed E-state index contributed by atoms with van der Waals surface area (Å²) in [7, 11) is 0. The van der Waals surface area contributed by atoms with Crippen LogP contribution < -0.4 is 10.6 Å². The topological polar surface area (TPSA) is 98.7 Å². The maximum absolute atomic E-state index is 11.6. The van der Waals surface area contributed by atoms with Crippen molar-refractivity contribution in [1.29, 1.82) is 0 Å². The van der Waals surface area contributed by atoms with E-state index < -0.39 is 5.91 Å². The molecule has 0 radical (unpaired) electrons. The van der Waals surface area contributed by atoms with Crippen LogP contribution in [0.3, 0.4) is 0 Å². The molecule has 0 spiro atoms. The van der Waals surface area contributed by atoms with Gasteiger partial charge in [0.1, 0.15) is 11.5 Å². The van der Waals surface area contributed by atoms with E-state index in [0.29, 0.717) is 6.54 Å². The number of aromatic hydroxyl groups is 2. The average Bonchev–Trinajstić information content (AvgIpc) is 2.29. The Morgan fingerprint density at radius 3 is 2.59 bits per heavy atom. The van der Waals surface area contributed by atoms with Gasteiger partial charge in [0.05, 0.1) is 12.1 Å². The van der Waals surface area contributed by atoms with Gasteiger partial charge in [0.2, 0.25) is 5.91 Å². The van der Waals surface area contributed by atoms with E-state index in [0.717, 1.165) is 6.07 Å². The van der Waals surface area contributed by atoms with E-state index in [1.165, 1.54) is 12.1 Å². The fraction of sp³-hybridized carbons (Fsp3) is 0.273. The minimum atomic E-state index is -0.621. The van der Waals surface area contributed by atoms with Crippen LogP contribution in [-0.4, -0.2) is 35.1 Å². The summed E-state index contributed by atoms with van der Waals surface area (Å²) >= 11 is 0. The molecule has 0 aliphatic rings. The highest BCUT2D eigenvalue weighted by molar-refractivity contribution is 5.99. The van der Waals surface area contributed by atoms with E-state index in [2.05, 4.69) is 10.6 Å². The van der Waals surface area contributed by atoms with Gasteiger partial charge >= 0.3 is 0 Å². The van der Waals surface area contributed by atoms with Gasteiger partial charge in [0, 0.05) is 6.54 Å². The highest BCUT2D eigenvalue weighted by atomic mass is 16.3. The number of phenolic OH excluding ortho intramolecular Hbond substituents is 2. The van der Waals surface area contributed by atoms with Gasteiger partial charge in [0.15, 0.2) is 0 Å². The number of phenols is 2. The molecule has 6 nitrogen and oxygen atoms in total. The number of hydrogen-bond acceptors (Lipinski definition) is 4. The Morgan fingerprint density at radius 1 is 1.24 bits per heavy atom. The van der Waals surface area contributed by atoms with E-state index in [9.17, 15) is 19.8 Å². The van der Waals surface area contributed by atoms with Crippen molar-refractivity contribution in [3.8, 4) is 11.5 Å². The summed E-state index contributed by atoms with van der Waals surface area (Å²) in [5, 5.41) is 23.4. The predicted molar refractivity (Wildman–Crippen MR) is 60.8 cm³/mol. The Kier molecular flexibility index (Phi) is 4.33. The van der Waals surface area contributed by atoms with Crippen molar-refractivity contribution < 1.29 is 19.8 Å². The number of benzene rings is 1. The number of carbonyl (C=O) groups excluding carboxylic acids is 2. The predicted octanol–water partition coefficient (Wildman–Crippen LogP) is -0.0363. The van der Waals surface area contributed by atoms with Crippen LogP contribution in [0.2, 0.25) is 0 Å². The molecule has 0 aromatic heterocycles. The average molecular weight is 238 g/mol. The van der Waals surface area contributed by atoms with Gasteiger partial charge in [-0.25, -0.2) is 0 Å². The largest absolute Gasteiger partial charge is 0.508 e. The zero-order chi connectivity index (χ0) is 12.8. The van der Waals surface area contributed by atoms with Crippen molar-refractivity contribution in [2.75, 3.05) is 13.1 Å². The fourth-order valence-corrected chi connectivity index (χ4v) is 1.22. The highest BCUT2D eigenvalue weighted by Gasteiger charge is 2.12. The number of rotatable bonds is 4. The van der Waals surface area contributed by atoms with Gasteiger partial charge in [-0.1, -0.05) is 0 Å². The molecule has 0 atom stereocenters. The van der Waals surface area contributed by atoms with Crippen LogP contribution in [0, 0.1) is 0 Å². The fourth-order valence-electron chi connectivity index (χ4n) is 1.22. The lowest BCUT2D eigenvalue weighted by atomic mass is 10.2. The molecule has 92 valence electrons. The second kappa shape index (κ2) is 5.74. The van der Waals surface area contributed by atoms with Gasteiger partial charge < -0.3 is 20.8 Å². The minimum absolute atomic E-state index is 0.0747. The number of hydrogen-bond donors (Lipinski definition) is 4. The smallest absolute Gasteiger partial charge is 0.255 e. The summed E-state index contributed by atoms with van der Waals surface area (Å²) in [6.07, 6.45) is 0. The first-order valence-electron chi connectivity index (χ1n) is 5.11. The lowest BCUT2D eigenvalue weighted by Crippen LogP contribution is -2.36. The Labute approximate surface area is 98.3 Å². The van der Waals surface area contributed by atoms with E-state index in [1.807, 2.05) is 0 Å². The lowest BCUT2D eigenvalue weighted by molar-refractivity contribution is -0.120. The molecule has 0 aliphatic heterocycles. The molecule has 0 saturated carbocycles. The molecule has 4 N–H and O–H groups in total. The second-order valence-electron chi connectivity index (χ2n) is 3.34. The third-order valence-electron chi connectivity index (χ3n) is 2.01. The van der Waals surface area contributed by atoms with Crippen molar-refractivity contribution in [1.82, 2.24) is 10.6 Å². The van der Waals surface area contributed by atoms with Crippen molar-refractivity contribution >= 4 is 11.8 Å². The van der Waals surface area contributed by atoms with E-state index >= 15 is 0 Å². The van der Waals surface area contributed by atoms with Gasteiger partial charge in [-0.15, -0.1) is 0 Å². The van der Waals surface area contributed by atoms with Crippen LogP contribution in [0.5, 0.6) is 11.5 Å². The molecular weight excluding hydrogens is 224 g/mol. The maximum Gasteiger partial charge on any atom is 0.255 e. The molecule has 1 aromatic carbocycles. The number of carbonyl (C=O) groups is 2. The first kappa shape index (κ1) is 12.8. The third-order valence-corrected chi connectivity index (χ3v) is 2.01. The first-order valence-corrected chi connectivity index (χ1v) is 5.11. The molecule has 1 aromatic rings. The van der Waals surface area contributed by atoms with Crippen LogP contribution in [0.15, 0.2) is 18.2 Å². The summed E-state index contributed by atoms with van der Waals surface area (Å²) in [5.41, 5.74) is -0.0747. The molecule has 0 bridgehead atoms. The summed E-state index contributed by atoms with van der Waals surface area (Å²) in [5.74, 6) is -1.33. The number of nitrogens with one attached hydrogen (secondary N) is 2. The van der Waals surface area contributed by atoms with Crippen LogP contribution in [-0.2, 0) is 4.79 Å². The zero-order valence-corrected chi connectivity index (χ0v) is 9.36. The Bertz CT molecular complexity index is 431. The van der Waals surface area contributed by atoms with Gasteiger partial charge in [-0.05, 0) is 25.1 Å². The maximum atomic E-state index is 11.6. The molecule has 0 aliphatic carbocycles. The molecule has 6 heteroatoms. The Hall–Kier alpha value is -2.24. The molecule has 0 unspecified atom stereocenters. The lowest BCUT2D eigenvalue weighted by Gasteiger charge is -2.07. The van der Waals surface area contributed by atoms with Crippen molar-refractivity contribution in [2.45, 2.75) is 6.92 Å². The molecule has 2 amide bonds. The molecule has 1 rings (SSSR count). The van der Waals surface area contributed by atoms with Crippen LogP contribution >= 0.6 is 0 Å². The quantitative estimate of drug-likeness (QED) is 0.553. The minimum Gasteiger partial charge on any atom is -0.508 e. The van der Waals surface area contributed by atoms with Crippen LogP contribution in [0.25, 0.3) is 0 Å². The van der Waals surface area contributed by atoms with Crippen molar-refractivity contribution in [3.63, 3.8) is 0 Å². The summed E-state index contributed by atoms with van der Waals surface area (Å²) in [4.78, 5) is 22.7. The Balaban J connectivity index is 2.64.